The molecule has 88 valence electrons. The monoisotopic (exact) mass is 214 g/mol. The van der Waals surface area contributed by atoms with Crippen LogP contribution in [0, 0.1) is 0 Å². The molecule has 0 radical (unpaired) electrons. The molecule has 1 heterocycles. The molecule has 1 saturated heterocycles. The summed E-state index contributed by atoms with van der Waals surface area (Å²) in [5.41, 5.74) is -0.0993. The third-order valence-electron chi connectivity index (χ3n) is 3.21. The topological polar surface area (TPSA) is 50.4 Å². The van der Waals surface area contributed by atoms with Crippen molar-refractivity contribution in [1.29, 1.82) is 0 Å². The van der Waals surface area contributed by atoms with Gasteiger partial charge in [-0.25, -0.2) is 0 Å². The summed E-state index contributed by atoms with van der Waals surface area (Å²) in [5, 5.41) is 6.21. The summed E-state index contributed by atoms with van der Waals surface area (Å²) >= 11 is 0. The van der Waals surface area contributed by atoms with E-state index >= 15 is 0 Å². The summed E-state index contributed by atoms with van der Waals surface area (Å²) in [6.07, 6.45) is 1.56. The van der Waals surface area contributed by atoms with Crippen molar-refractivity contribution in [1.82, 2.24) is 10.6 Å². The SMILES string of the molecule is CCC(C)(CC)NC(=O)C1CNCCO1. The van der Waals surface area contributed by atoms with Crippen molar-refractivity contribution in [2.24, 2.45) is 0 Å². The number of hydrogen-bond acceptors (Lipinski definition) is 3. The molecule has 1 aliphatic rings. The molecule has 1 rings (SSSR count). The van der Waals surface area contributed by atoms with Gasteiger partial charge in [-0.2, -0.15) is 0 Å². The Morgan fingerprint density at radius 3 is 2.67 bits per heavy atom. The number of amides is 1. The molecule has 15 heavy (non-hydrogen) atoms. The zero-order valence-electron chi connectivity index (χ0n) is 9.93. The number of carbonyl (C=O) groups is 1. The van der Waals surface area contributed by atoms with E-state index in [0.29, 0.717) is 13.2 Å². The van der Waals surface area contributed by atoms with Crippen LogP contribution in [-0.2, 0) is 9.53 Å². The molecular weight excluding hydrogens is 192 g/mol. The van der Waals surface area contributed by atoms with Crippen LogP contribution in [0.25, 0.3) is 0 Å². The van der Waals surface area contributed by atoms with Gasteiger partial charge in [0.25, 0.3) is 5.91 Å². The smallest absolute Gasteiger partial charge is 0.250 e. The van der Waals surface area contributed by atoms with Crippen LogP contribution in [0.15, 0.2) is 0 Å². The van der Waals surface area contributed by atoms with Gasteiger partial charge in [-0.3, -0.25) is 4.79 Å². The number of morpholine rings is 1. The van der Waals surface area contributed by atoms with Crippen molar-refractivity contribution in [2.75, 3.05) is 19.7 Å². The fourth-order valence-corrected chi connectivity index (χ4v) is 1.54. The highest BCUT2D eigenvalue weighted by atomic mass is 16.5. The Bertz CT molecular complexity index is 209. The summed E-state index contributed by atoms with van der Waals surface area (Å²) in [6, 6.07) is 0. The lowest BCUT2D eigenvalue weighted by molar-refractivity contribution is -0.136. The average molecular weight is 214 g/mol. The molecule has 0 aromatic carbocycles. The van der Waals surface area contributed by atoms with Crippen LogP contribution in [0.4, 0.5) is 0 Å². The second kappa shape index (κ2) is 5.47. The second-order valence-electron chi connectivity index (χ2n) is 4.32. The van der Waals surface area contributed by atoms with Crippen LogP contribution >= 0.6 is 0 Å². The fraction of sp³-hybridized carbons (Fsp3) is 0.909. The van der Waals surface area contributed by atoms with Crippen molar-refractivity contribution in [3.63, 3.8) is 0 Å². The van der Waals surface area contributed by atoms with Crippen LogP contribution in [0.1, 0.15) is 33.6 Å². The second-order valence-corrected chi connectivity index (χ2v) is 4.32. The lowest BCUT2D eigenvalue weighted by atomic mass is 9.95. The Hall–Kier alpha value is -0.610. The van der Waals surface area contributed by atoms with Crippen LogP contribution in [0.2, 0.25) is 0 Å². The molecule has 1 atom stereocenters. The summed E-state index contributed by atoms with van der Waals surface area (Å²) < 4.78 is 5.40. The quantitative estimate of drug-likeness (QED) is 0.723. The van der Waals surface area contributed by atoms with E-state index in [1.165, 1.54) is 0 Å². The Balaban J connectivity index is 2.46. The minimum atomic E-state index is -0.323. The molecule has 0 aromatic rings. The number of hydrogen-bond donors (Lipinski definition) is 2. The fourth-order valence-electron chi connectivity index (χ4n) is 1.54. The largest absolute Gasteiger partial charge is 0.366 e. The van der Waals surface area contributed by atoms with Crippen LogP contribution in [-0.4, -0.2) is 37.2 Å². The van der Waals surface area contributed by atoms with Crippen molar-refractivity contribution < 1.29 is 9.53 Å². The zero-order chi connectivity index (χ0) is 11.3. The van der Waals surface area contributed by atoms with Crippen LogP contribution in [0.3, 0.4) is 0 Å². The van der Waals surface area contributed by atoms with Gasteiger partial charge in [-0.15, -0.1) is 0 Å². The van der Waals surface area contributed by atoms with E-state index in [2.05, 4.69) is 31.4 Å². The minimum Gasteiger partial charge on any atom is -0.366 e. The van der Waals surface area contributed by atoms with Gasteiger partial charge in [0, 0.05) is 18.6 Å². The molecule has 0 bridgehead atoms. The van der Waals surface area contributed by atoms with E-state index in [-0.39, 0.29) is 17.6 Å². The molecule has 1 fully saturated rings. The van der Waals surface area contributed by atoms with E-state index in [9.17, 15) is 4.79 Å². The maximum Gasteiger partial charge on any atom is 0.250 e. The summed E-state index contributed by atoms with van der Waals surface area (Å²) in [4.78, 5) is 11.9. The van der Waals surface area contributed by atoms with Gasteiger partial charge in [-0.05, 0) is 19.8 Å². The lowest BCUT2D eigenvalue weighted by Gasteiger charge is -2.31. The maximum absolute atomic E-state index is 11.9. The van der Waals surface area contributed by atoms with Gasteiger partial charge < -0.3 is 15.4 Å². The number of rotatable bonds is 4. The third-order valence-corrected chi connectivity index (χ3v) is 3.21. The molecule has 1 amide bonds. The Kier molecular flexibility index (Phi) is 4.54. The molecule has 4 heteroatoms. The molecular formula is C11H22N2O2. The predicted octanol–water partition coefficient (Wildman–Crippen LogP) is 0.670. The van der Waals surface area contributed by atoms with E-state index in [1.54, 1.807) is 0 Å². The summed E-state index contributed by atoms with van der Waals surface area (Å²) in [5.74, 6) is 0.00778. The lowest BCUT2D eigenvalue weighted by Crippen LogP contribution is -2.54. The minimum absolute atomic E-state index is 0.00778. The molecule has 0 saturated carbocycles. The van der Waals surface area contributed by atoms with Gasteiger partial charge in [0.2, 0.25) is 0 Å². The predicted molar refractivity (Wildman–Crippen MR) is 59.7 cm³/mol. The third kappa shape index (κ3) is 3.47. The average Bonchev–Trinajstić information content (AvgIpc) is 2.30. The van der Waals surface area contributed by atoms with E-state index in [4.69, 9.17) is 4.74 Å². The highest BCUT2D eigenvalue weighted by Gasteiger charge is 2.28. The number of ether oxygens (including phenoxy) is 1. The molecule has 1 unspecified atom stereocenters. The van der Waals surface area contributed by atoms with E-state index in [1.807, 2.05) is 0 Å². The highest BCUT2D eigenvalue weighted by molar-refractivity contribution is 5.81. The van der Waals surface area contributed by atoms with Crippen molar-refractivity contribution in [3.05, 3.63) is 0 Å². The normalized spacial score (nSPS) is 22.5. The van der Waals surface area contributed by atoms with E-state index in [0.717, 1.165) is 19.4 Å². The van der Waals surface area contributed by atoms with Gasteiger partial charge in [-0.1, -0.05) is 13.8 Å². The molecule has 0 spiro atoms. The standard InChI is InChI=1S/C11H22N2O2/c1-4-11(3,5-2)13-10(14)9-8-12-6-7-15-9/h9,12H,4-8H2,1-3H3,(H,13,14). The van der Waals surface area contributed by atoms with Crippen molar-refractivity contribution >= 4 is 5.91 Å². The highest BCUT2D eigenvalue weighted by Crippen LogP contribution is 2.14. The number of nitrogens with one attached hydrogen (secondary N) is 2. The molecule has 0 aliphatic carbocycles. The first-order chi connectivity index (χ1) is 7.11. The van der Waals surface area contributed by atoms with Crippen molar-refractivity contribution in [3.8, 4) is 0 Å². The Labute approximate surface area is 91.8 Å². The first kappa shape index (κ1) is 12.5. The number of carbonyl (C=O) groups excluding carboxylic acids is 1. The first-order valence-corrected chi connectivity index (χ1v) is 5.75. The summed E-state index contributed by atoms with van der Waals surface area (Å²) in [7, 11) is 0. The zero-order valence-corrected chi connectivity index (χ0v) is 9.93. The van der Waals surface area contributed by atoms with Crippen LogP contribution in [0.5, 0.6) is 0 Å². The first-order valence-electron chi connectivity index (χ1n) is 5.75. The van der Waals surface area contributed by atoms with Gasteiger partial charge in [0.1, 0.15) is 6.10 Å². The molecule has 0 aromatic heterocycles. The van der Waals surface area contributed by atoms with E-state index < -0.39 is 0 Å². The van der Waals surface area contributed by atoms with Crippen molar-refractivity contribution in [2.45, 2.75) is 45.3 Å². The van der Waals surface area contributed by atoms with Crippen LogP contribution < -0.4 is 10.6 Å². The van der Waals surface area contributed by atoms with Gasteiger partial charge >= 0.3 is 0 Å². The Morgan fingerprint density at radius 2 is 2.20 bits per heavy atom. The molecule has 2 N–H and O–H groups in total. The molecule has 1 aliphatic heterocycles. The molecule has 4 nitrogen and oxygen atoms in total. The summed E-state index contributed by atoms with van der Waals surface area (Å²) in [6.45, 7) is 8.32. The maximum atomic E-state index is 11.9. The van der Waals surface area contributed by atoms with Gasteiger partial charge in [0.05, 0.1) is 6.61 Å². The Morgan fingerprint density at radius 1 is 1.53 bits per heavy atom. The van der Waals surface area contributed by atoms with Gasteiger partial charge in [0.15, 0.2) is 0 Å².